The summed E-state index contributed by atoms with van der Waals surface area (Å²) < 4.78 is 36.9. The highest BCUT2D eigenvalue weighted by Crippen LogP contribution is 2.36. The van der Waals surface area contributed by atoms with Crippen molar-refractivity contribution in [3.05, 3.63) is 33.9 Å². The Kier molecular flexibility index (Phi) is 3.04. The zero-order chi connectivity index (χ0) is 12.5. The third kappa shape index (κ3) is 2.22. The predicted molar refractivity (Wildman–Crippen MR) is 50.5 cm³/mol. The van der Waals surface area contributed by atoms with Crippen LogP contribution in [0.2, 0.25) is 0 Å². The minimum Gasteiger partial charge on any atom is -0.393 e. The van der Waals surface area contributed by atoms with Gasteiger partial charge in [0.25, 0.3) is 5.69 Å². The first kappa shape index (κ1) is 12.2. The molecule has 0 heterocycles. The Morgan fingerprint density at radius 1 is 1.38 bits per heavy atom. The lowest BCUT2D eigenvalue weighted by molar-refractivity contribution is -0.384. The zero-order valence-electron chi connectivity index (χ0n) is 7.86. The van der Waals surface area contributed by atoms with Gasteiger partial charge < -0.3 is 11.5 Å². The number of alkyl halides is 3. The van der Waals surface area contributed by atoms with Gasteiger partial charge in [0.1, 0.15) is 11.7 Å². The summed E-state index contributed by atoms with van der Waals surface area (Å²) in [6, 6.07) is 0.810. The summed E-state index contributed by atoms with van der Waals surface area (Å²) in [5.41, 5.74) is 8.53. The van der Waals surface area contributed by atoms with Crippen molar-refractivity contribution in [2.24, 2.45) is 5.73 Å². The van der Waals surface area contributed by atoms with E-state index in [0.717, 1.165) is 18.2 Å². The van der Waals surface area contributed by atoms with Gasteiger partial charge in [-0.25, -0.2) is 0 Å². The number of para-hydroxylation sites is 1. The smallest absolute Gasteiger partial charge is 0.393 e. The molecule has 1 aromatic rings. The van der Waals surface area contributed by atoms with Crippen LogP contribution < -0.4 is 11.5 Å². The number of halogens is 3. The van der Waals surface area contributed by atoms with Gasteiger partial charge in [-0.15, -0.1) is 0 Å². The summed E-state index contributed by atoms with van der Waals surface area (Å²) in [6.45, 7) is 0. The van der Waals surface area contributed by atoms with Crippen molar-refractivity contribution in [1.82, 2.24) is 0 Å². The number of hydrogen-bond donors (Lipinski definition) is 2. The lowest BCUT2D eigenvalue weighted by Crippen LogP contribution is -2.29. The van der Waals surface area contributed by atoms with Gasteiger partial charge in [0.15, 0.2) is 0 Å². The standard InChI is InChI=1S/C8H8F3N3O2/c9-8(10,11)7(13)4-2-1-3-5(6(4)12)14(15)16/h1-3,7H,12-13H2/t7-/m0/s1. The highest BCUT2D eigenvalue weighted by molar-refractivity contribution is 5.64. The fourth-order valence-electron chi connectivity index (χ4n) is 1.18. The number of nitro benzene ring substituents is 1. The Morgan fingerprint density at radius 3 is 2.38 bits per heavy atom. The largest absolute Gasteiger partial charge is 0.407 e. The second-order valence-electron chi connectivity index (χ2n) is 3.06. The Hall–Kier alpha value is -1.83. The summed E-state index contributed by atoms with van der Waals surface area (Å²) in [7, 11) is 0. The molecule has 0 aromatic heterocycles. The van der Waals surface area contributed by atoms with Gasteiger partial charge in [-0.1, -0.05) is 12.1 Å². The highest BCUT2D eigenvalue weighted by atomic mass is 19.4. The summed E-state index contributed by atoms with van der Waals surface area (Å²) in [4.78, 5) is 9.59. The number of rotatable bonds is 2. The maximum Gasteiger partial charge on any atom is 0.407 e. The fraction of sp³-hybridized carbons (Fsp3) is 0.250. The minimum atomic E-state index is -4.69. The van der Waals surface area contributed by atoms with E-state index in [4.69, 9.17) is 11.5 Å². The van der Waals surface area contributed by atoms with Crippen molar-refractivity contribution in [3.63, 3.8) is 0 Å². The molecule has 0 aliphatic rings. The second-order valence-corrected chi connectivity index (χ2v) is 3.06. The van der Waals surface area contributed by atoms with Gasteiger partial charge in [-0.05, 0) is 0 Å². The van der Waals surface area contributed by atoms with Crippen LogP contribution in [-0.2, 0) is 0 Å². The number of anilines is 1. The van der Waals surface area contributed by atoms with Crippen LogP contribution in [0.3, 0.4) is 0 Å². The predicted octanol–water partition coefficient (Wildman–Crippen LogP) is 1.74. The summed E-state index contributed by atoms with van der Waals surface area (Å²) in [6.07, 6.45) is -4.69. The van der Waals surface area contributed by atoms with Crippen molar-refractivity contribution in [2.75, 3.05) is 5.73 Å². The fourth-order valence-corrected chi connectivity index (χ4v) is 1.18. The quantitative estimate of drug-likeness (QED) is 0.463. The average molecular weight is 235 g/mol. The second kappa shape index (κ2) is 3.97. The maximum absolute atomic E-state index is 12.3. The number of benzene rings is 1. The number of hydrogen-bond acceptors (Lipinski definition) is 4. The molecule has 0 bridgehead atoms. The highest BCUT2D eigenvalue weighted by Gasteiger charge is 2.39. The Balaban J connectivity index is 3.26. The van der Waals surface area contributed by atoms with Crippen LogP contribution >= 0.6 is 0 Å². The Labute approximate surface area is 88.0 Å². The summed E-state index contributed by atoms with van der Waals surface area (Å²) in [5, 5.41) is 10.4. The van der Waals surface area contributed by atoms with E-state index in [9.17, 15) is 23.3 Å². The van der Waals surface area contributed by atoms with Crippen molar-refractivity contribution < 1.29 is 18.1 Å². The SMILES string of the molecule is Nc1c([C@H](N)C(F)(F)F)cccc1[N+](=O)[O-]. The van der Waals surface area contributed by atoms with Crippen molar-refractivity contribution in [2.45, 2.75) is 12.2 Å². The van der Waals surface area contributed by atoms with Crippen molar-refractivity contribution in [3.8, 4) is 0 Å². The van der Waals surface area contributed by atoms with Gasteiger partial charge >= 0.3 is 6.18 Å². The van der Waals surface area contributed by atoms with Gasteiger partial charge in [0.2, 0.25) is 0 Å². The molecule has 0 spiro atoms. The molecule has 0 aliphatic heterocycles. The van der Waals surface area contributed by atoms with E-state index in [2.05, 4.69) is 0 Å². The lowest BCUT2D eigenvalue weighted by atomic mass is 10.0. The van der Waals surface area contributed by atoms with Gasteiger partial charge in [0.05, 0.1) is 4.92 Å². The first-order valence-electron chi connectivity index (χ1n) is 4.10. The molecule has 0 saturated heterocycles. The van der Waals surface area contributed by atoms with Gasteiger partial charge in [-0.2, -0.15) is 13.2 Å². The molecule has 16 heavy (non-hydrogen) atoms. The summed E-state index contributed by atoms with van der Waals surface area (Å²) >= 11 is 0. The third-order valence-corrected chi connectivity index (χ3v) is 2.00. The molecule has 1 rings (SSSR count). The van der Waals surface area contributed by atoms with Crippen LogP contribution in [0.25, 0.3) is 0 Å². The van der Waals surface area contributed by atoms with Gasteiger partial charge in [0, 0.05) is 11.6 Å². The number of nitrogens with zero attached hydrogens (tertiary/aromatic N) is 1. The lowest BCUT2D eigenvalue weighted by Gasteiger charge is -2.17. The van der Waals surface area contributed by atoms with Crippen molar-refractivity contribution >= 4 is 11.4 Å². The van der Waals surface area contributed by atoms with Gasteiger partial charge in [-0.3, -0.25) is 10.1 Å². The van der Waals surface area contributed by atoms with Crippen LogP contribution in [0.4, 0.5) is 24.5 Å². The molecular weight excluding hydrogens is 227 g/mol. The minimum absolute atomic E-state index is 0.498. The molecule has 1 atom stereocenters. The van der Waals surface area contributed by atoms with E-state index in [1.807, 2.05) is 0 Å². The van der Waals surface area contributed by atoms with E-state index in [1.165, 1.54) is 0 Å². The maximum atomic E-state index is 12.3. The van der Waals surface area contributed by atoms with E-state index in [1.54, 1.807) is 0 Å². The van der Waals surface area contributed by atoms with Crippen LogP contribution in [-0.4, -0.2) is 11.1 Å². The van der Waals surface area contributed by atoms with E-state index >= 15 is 0 Å². The zero-order valence-corrected chi connectivity index (χ0v) is 7.86. The molecule has 0 saturated carbocycles. The third-order valence-electron chi connectivity index (χ3n) is 2.00. The van der Waals surface area contributed by atoms with Crippen molar-refractivity contribution in [1.29, 1.82) is 0 Å². The topological polar surface area (TPSA) is 95.2 Å². The average Bonchev–Trinajstić information content (AvgIpc) is 2.15. The summed E-state index contributed by atoms with van der Waals surface area (Å²) in [5.74, 6) is 0. The number of nitrogen functional groups attached to an aromatic ring is 1. The number of nitro groups is 1. The van der Waals surface area contributed by atoms with Crippen LogP contribution in [0.1, 0.15) is 11.6 Å². The van der Waals surface area contributed by atoms with Crippen LogP contribution in [0, 0.1) is 10.1 Å². The molecule has 8 heteroatoms. The normalized spacial score (nSPS) is 13.5. The Bertz CT molecular complexity index is 419. The first-order valence-corrected chi connectivity index (χ1v) is 4.10. The first-order chi connectivity index (χ1) is 7.25. The van der Waals surface area contributed by atoms with E-state index < -0.39 is 34.1 Å². The van der Waals surface area contributed by atoms with Crippen LogP contribution in [0.15, 0.2) is 18.2 Å². The molecule has 5 nitrogen and oxygen atoms in total. The molecule has 4 N–H and O–H groups in total. The monoisotopic (exact) mass is 235 g/mol. The molecule has 1 aromatic carbocycles. The molecule has 0 aliphatic carbocycles. The Morgan fingerprint density at radius 2 is 1.94 bits per heavy atom. The molecule has 0 unspecified atom stereocenters. The molecule has 0 amide bonds. The van der Waals surface area contributed by atoms with E-state index in [0.29, 0.717) is 0 Å². The molecular formula is C8H8F3N3O2. The molecule has 0 radical (unpaired) electrons. The van der Waals surface area contributed by atoms with E-state index in [-0.39, 0.29) is 0 Å². The molecule has 88 valence electrons. The van der Waals surface area contributed by atoms with Crippen LogP contribution in [0.5, 0.6) is 0 Å². The molecule has 0 fully saturated rings. The number of nitrogens with two attached hydrogens (primary N) is 2.